The third-order valence-corrected chi connectivity index (χ3v) is 10.8. The van der Waals surface area contributed by atoms with Crippen LogP contribution < -0.4 is 4.90 Å². The first-order chi connectivity index (χ1) is 27.8. The van der Waals surface area contributed by atoms with Gasteiger partial charge in [0.05, 0.1) is 16.7 Å². The lowest BCUT2D eigenvalue weighted by Gasteiger charge is -2.28. The summed E-state index contributed by atoms with van der Waals surface area (Å²) in [5.41, 5.74) is 16.4. The molecule has 10 rings (SSSR count). The van der Waals surface area contributed by atoms with E-state index in [-0.39, 0.29) is 0 Å². The second-order valence-electron chi connectivity index (χ2n) is 14.1. The lowest BCUT2D eigenvalue weighted by Crippen LogP contribution is -2.11. The molecule has 0 amide bonds. The molecule has 1 aromatic heterocycles. The lowest BCUT2D eigenvalue weighted by molar-refractivity contribution is 1.18. The van der Waals surface area contributed by atoms with Crippen LogP contribution in [-0.4, -0.2) is 4.57 Å². The van der Waals surface area contributed by atoms with Crippen molar-refractivity contribution in [3.63, 3.8) is 0 Å². The Morgan fingerprint density at radius 3 is 1.55 bits per heavy atom. The molecule has 2 nitrogen and oxygen atoms in total. The SMILES string of the molecule is c1ccc(-c2ccc(N(c3cccc(-c4cccc5c4c4cccc(-c6ccccc6)c4n5-c4ccccc4)c3)c3ccccc3-c3ccccc3)cc2)cc1. The number of rotatable bonds is 8. The Morgan fingerprint density at radius 2 is 0.839 bits per heavy atom. The van der Waals surface area contributed by atoms with Crippen LogP contribution in [0.25, 0.3) is 72.0 Å². The Morgan fingerprint density at radius 1 is 0.321 bits per heavy atom. The largest absolute Gasteiger partial charge is 0.310 e. The van der Waals surface area contributed by atoms with E-state index in [9.17, 15) is 0 Å². The summed E-state index contributed by atoms with van der Waals surface area (Å²) in [6.07, 6.45) is 0. The van der Waals surface area contributed by atoms with Gasteiger partial charge in [0.1, 0.15) is 0 Å². The van der Waals surface area contributed by atoms with Crippen LogP contribution in [-0.2, 0) is 0 Å². The molecule has 10 aromatic rings. The number of hydrogen-bond donors (Lipinski definition) is 0. The highest BCUT2D eigenvalue weighted by Crippen LogP contribution is 2.45. The Kier molecular flexibility index (Phi) is 8.55. The lowest BCUT2D eigenvalue weighted by atomic mass is 9.96. The van der Waals surface area contributed by atoms with Crippen molar-refractivity contribution in [3.05, 3.63) is 231 Å². The van der Waals surface area contributed by atoms with Crippen molar-refractivity contribution in [1.29, 1.82) is 0 Å². The standard InChI is InChI=1S/C54H38N2/c1-5-18-39(19-6-1)40-34-36-45(37-35-40)55(51-32-14-13-28-47(51)41-20-7-2-8-21-41)46-27-15-24-43(38-46)48-29-17-33-52-53(48)50-31-16-30-49(42-22-9-3-10-23-42)54(50)56(52)44-25-11-4-12-26-44/h1-38H. The zero-order chi connectivity index (χ0) is 37.3. The predicted molar refractivity (Wildman–Crippen MR) is 237 cm³/mol. The molecule has 9 aromatic carbocycles. The fourth-order valence-electron chi connectivity index (χ4n) is 8.26. The van der Waals surface area contributed by atoms with Gasteiger partial charge in [-0.2, -0.15) is 0 Å². The zero-order valence-electron chi connectivity index (χ0n) is 30.8. The molecule has 264 valence electrons. The van der Waals surface area contributed by atoms with E-state index in [4.69, 9.17) is 0 Å². The minimum atomic E-state index is 1.09. The molecule has 2 heteroatoms. The molecule has 0 aliphatic rings. The number of para-hydroxylation sites is 3. The van der Waals surface area contributed by atoms with E-state index in [1.54, 1.807) is 0 Å². The summed E-state index contributed by atoms with van der Waals surface area (Å²) in [6, 6.07) is 83.0. The van der Waals surface area contributed by atoms with Gasteiger partial charge in [-0.05, 0) is 81.9 Å². The second kappa shape index (κ2) is 14.4. The first-order valence-electron chi connectivity index (χ1n) is 19.2. The average molecular weight is 715 g/mol. The number of benzene rings is 9. The molecule has 0 aliphatic carbocycles. The number of hydrogen-bond acceptors (Lipinski definition) is 1. The minimum absolute atomic E-state index is 1.09. The molecule has 0 atom stereocenters. The summed E-state index contributed by atoms with van der Waals surface area (Å²) >= 11 is 0. The van der Waals surface area contributed by atoms with Gasteiger partial charge in [0, 0.05) is 39.0 Å². The van der Waals surface area contributed by atoms with Crippen LogP contribution >= 0.6 is 0 Å². The summed E-state index contributed by atoms with van der Waals surface area (Å²) in [6.45, 7) is 0. The van der Waals surface area contributed by atoms with Crippen LogP contribution in [0.1, 0.15) is 0 Å². The molecule has 0 saturated heterocycles. The van der Waals surface area contributed by atoms with Gasteiger partial charge < -0.3 is 9.47 Å². The molecule has 0 unspecified atom stereocenters. The van der Waals surface area contributed by atoms with E-state index in [2.05, 4.69) is 240 Å². The fourth-order valence-corrected chi connectivity index (χ4v) is 8.26. The predicted octanol–water partition coefficient (Wildman–Crippen LogP) is 14.9. The van der Waals surface area contributed by atoms with Gasteiger partial charge in [-0.3, -0.25) is 0 Å². The molecule has 0 aliphatic heterocycles. The molecule has 1 heterocycles. The maximum absolute atomic E-state index is 2.44. The van der Waals surface area contributed by atoms with Crippen molar-refractivity contribution in [2.24, 2.45) is 0 Å². The second-order valence-corrected chi connectivity index (χ2v) is 14.1. The first-order valence-corrected chi connectivity index (χ1v) is 19.2. The van der Waals surface area contributed by atoms with E-state index in [0.29, 0.717) is 0 Å². The molecule has 0 bridgehead atoms. The molecule has 0 N–H and O–H groups in total. The molecule has 0 fully saturated rings. The molecular formula is C54H38N2. The van der Waals surface area contributed by atoms with Crippen molar-refractivity contribution in [2.75, 3.05) is 4.90 Å². The van der Waals surface area contributed by atoms with E-state index >= 15 is 0 Å². The summed E-state index contributed by atoms with van der Waals surface area (Å²) in [5.74, 6) is 0. The monoisotopic (exact) mass is 714 g/mol. The van der Waals surface area contributed by atoms with Gasteiger partial charge in [0.2, 0.25) is 0 Å². The van der Waals surface area contributed by atoms with Gasteiger partial charge in [-0.15, -0.1) is 0 Å². The van der Waals surface area contributed by atoms with Gasteiger partial charge >= 0.3 is 0 Å². The van der Waals surface area contributed by atoms with Gasteiger partial charge in [0.15, 0.2) is 0 Å². The normalized spacial score (nSPS) is 11.2. The molecule has 0 spiro atoms. The van der Waals surface area contributed by atoms with Crippen LogP contribution in [0.2, 0.25) is 0 Å². The maximum atomic E-state index is 2.44. The summed E-state index contributed by atoms with van der Waals surface area (Å²) in [5, 5.41) is 2.47. The van der Waals surface area contributed by atoms with Crippen molar-refractivity contribution in [1.82, 2.24) is 4.57 Å². The zero-order valence-corrected chi connectivity index (χ0v) is 30.8. The molecule has 56 heavy (non-hydrogen) atoms. The highest BCUT2D eigenvalue weighted by Gasteiger charge is 2.21. The van der Waals surface area contributed by atoms with Crippen LogP contribution in [0.5, 0.6) is 0 Å². The Labute approximate surface area is 327 Å². The number of aromatic nitrogens is 1. The number of fused-ring (bicyclic) bond motifs is 3. The number of nitrogens with zero attached hydrogens (tertiary/aromatic N) is 2. The third-order valence-electron chi connectivity index (χ3n) is 10.8. The van der Waals surface area contributed by atoms with Crippen LogP contribution in [0.3, 0.4) is 0 Å². The topological polar surface area (TPSA) is 8.17 Å². The smallest absolute Gasteiger partial charge is 0.0619 e. The number of anilines is 3. The van der Waals surface area contributed by atoms with E-state index in [1.165, 1.54) is 60.8 Å². The van der Waals surface area contributed by atoms with E-state index < -0.39 is 0 Å². The highest BCUT2D eigenvalue weighted by molar-refractivity contribution is 6.19. The molecule has 0 radical (unpaired) electrons. The van der Waals surface area contributed by atoms with Crippen LogP contribution in [0.4, 0.5) is 17.1 Å². The fraction of sp³-hybridized carbons (Fsp3) is 0. The van der Waals surface area contributed by atoms with Crippen LogP contribution in [0, 0.1) is 0 Å². The summed E-state index contributed by atoms with van der Waals surface area (Å²) in [7, 11) is 0. The first kappa shape index (κ1) is 33.2. The van der Waals surface area contributed by atoms with E-state index in [1.807, 2.05) is 0 Å². The Hall–Kier alpha value is -7.42. The Balaban J connectivity index is 1.19. The van der Waals surface area contributed by atoms with Gasteiger partial charge in [-0.25, -0.2) is 0 Å². The van der Waals surface area contributed by atoms with Crippen molar-refractivity contribution < 1.29 is 0 Å². The maximum Gasteiger partial charge on any atom is 0.0619 e. The highest BCUT2D eigenvalue weighted by atomic mass is 15.1. The van der Waals surface area contributed by atoms with Crippen LogP contribution in [0.15, 0.2) is 231 Å². The average Bonchev–Trinajstić information content (AvgIpc) is 3.63. The Bertz CT molecular complexity index is 2930. The van der Waals surface area contributed by atoms with Gasteiger partial charge in [0.25, 0.3) is 0 Å². The minimum Gasteiger partial charge on any atom is -0.310 e. The molecular weight excluding hydrogens is 677 g/mol. The third kappa shape index (κ3) is 5.95. The summed E-state index contributed by atoms with van der Waals surface area (Å²) in [4.78, 5) is 2.40. The van der Waals surface area contributed by atoms with Crippen molar-refractivity contribution >= 4 is 38.9 Å². The van der Waals surface area contributed by atoms with Crippen molar-refractivity contribution in [2.45, 2.75) is 0 Å². The quantitative estimate of drug-likeness (QED) is 0.152. The molecule has 0 saturated carbocycles. The summed E-state index contributed by atoms with van der Waals surface area (Å²) < 4.78 is 2.44. The van der Waals surface area contributed by atoms with E-state index in [0.717, 1.165) is 28.3 Å². The van der Waals surface area contributed by atoms with Crippen molar-refractivity contribution in [3.8, 4) is 50.2 Å². The van der Waals surface area contributed by atoms with Gasteiger partial charge in [-0.1, -0.05) is 182 Å².